The van der Waals surface area contributed by atoms with Crippen molar-refractivity contribution in [2.24, 2.45) is 0 Å². The highest BCUT2D eigenvalue weighted by Crippen LogP contribution is 2.32. The largest absolute Gasteiger partial charge is 0.465 e. The van der Waals surface area contributed by atoms with Crippen LogP contribution in [0.3, 0.4) is 0 Å². The molecule has 0 bridgehead atoms. The van der Waals surface area contributed by atoms with E-state index in [-0.39, 0.29) is 11.6 Å². The molecule has 8 nitrogen and oxygen atoms in total. The molecule has 4 aromatic rings. The minimum absolute atomic E-state index is 0.00709. The Hall–Kier alpha value is -3.68. The number of nitrogens with zero attached hydrogens (tertiary/aromatic N) is 3. The Labute approximate surface area is 152 Å². The summed E-state index contributed by atoms with van der Waals surface area (Å²) in [4.78, 5) is 32.3. The molecule has 1 saturated carbocycles. The molecule has 2 aromatic carbocycles. The lowest BCUT2D eigenvalue weighted by Crippen LogP contribution is -2.32. The third-order valence-electron chi connectivity index (χ3n) is 4.79. The second-order valence-electron chi connectivity index (χ2n) is 6.62. The average Bonchev–Trinajstić information content (AvgIpc) is 3.40. The number of aromatic nitrogens is 4. The van der Waals surface area contributed by atoms with Crippen LogP contribution in [0.25, 0.3) is 33.1 Å². The van der Waals surface area contributed by atoms with Crippen molar-refractivity contribution >= 4 is 33.8 Å². The minimum Gasteiger partial charge on any atom is -0.465 e. The molecule has 0 spiro atoms. The number of benzene rings is 2. The lowest BCUT2D eigenvalue weighted by Gasteiger charge is -2.14. The Kier molecular flexibility index (Phi) is 3.27. The molecular weight excluding hydrogens is 346 g/mol. The summed E-state index contributed by atoms with van der Waals surface area (Å²) >= 11 is 0. The number of H-pyrrole nitrogens is 2. The van der Waals surface area contributed by atoms with Gasteiger partial charge in [0.1, 0.15) is 0 Å². The van der Waals surface area contributed by atoms with Crippen LogP contribution < -0.4 is 10.5 Å². The average molecular weight is 361 g/mol. The van der Waals surface area contributed by atoms with E-state index in [1.54, 1.807) is 6.07 Å². The van der Waals surface area contributed by atoms with E-state index in [4.69, 9.17) is 0 Å². The van der Waals surface area contributed by atoms with E-state index in [9.17, 15) is 14.7 Å². The Bertz CT molecular complexity index is 1260. The van der Waals surface area contributed by atoms with Gasteiger partial charge in [-0.2, -0.15) is 5.10 Å². The molecule has 0 saturated heterocycles. The van der Waals surface area contributed by atoms with Crippen LogP contribution in [0.1, 0.15) is 12.8 Å². The monoisotopic (exact) mass is 361 g/mol. The molecule has 1 amide bonds. The van der Waals surface area contributed by atoms with Crippen molar-refractivity contribution in [2.75, 3.05) is 4.90 Å². The fourth-order valence-electron chi connectivity index (χ4n) is 3.34. The third kappa shape index (κ3) is 2.53. The van der Waals surface area contributed by atoms with Crippen molar-refractivity contribution in [3.63, 3.8) is 0 Å². The van der Waals surface area contributed by atoms with Gasteiger partial charge in [0.15, 0.2) is 0 Å². The van der Waals surface area contributed by atoms with Crippen LogP contribution >= 0.6 is 0 Å². The number of rotatable bonds is 3. The SMILES string of the molecule is O=C(O)N(c1nc2ccc(-c3n[nH]c(=O)c4ccccc34)cc2[nH]1)C1CC1. The van der Waals surface area contributed by atoms with Crippen LogP contribution in [0, 0.1) is 0 Å². The lowest BCUT2D eigenvalue weighted by atomic mass is 10.0. The highest BCUT2D eigenvalue weighted by atomic mass is 16.4. The van der Waals surface area contributed by atoms with E-state index in [2.05, 4.69) is 20.2 Å². The zero-order valence-corrected chi connectivity index (χ0v) is 14.1. The molecule has 8 heteroatoms. The molecule has 0 atom stereocenters. The quantitative estimate of drug-likeness (QED) is 0.519. The van der Waals surface area contributed by atoms with Gasteiger partial charge in [0, 0.05) is 17.0 Å². The molecular formula is C19H15N5O3. The number of nitrogens with one attached hydrogen (secondary N) is 2. The predicted molar refractivity (Wildman–Crippen MR) is 101 cm³/mol. The number of hydrogen-bond donors (Lipinski definition) is 3. The molecule has 0 radical (unpaired) electrons. The minimum atomic E-state index is -1.01. The number of fused-ring (bicyclic) bond motifs is 2. The highest BCUT2D eigenvalue weighted by Gasteiger charge is 2.35. The van der Waals surface area contributed by atoms with Crippen molar-refractivity contribution in [1.82, 2.24) is 20.2 Å². The van der Waals surface area contributed by atoms with Crippen LogP contribution in [0.2, 0.25) is 0 Å². The Morgan fingerprint density at radius 1 is 1.15 bits per heavy atom. The zero-order valence-electron chi connectivity index (χ0n) is 14.1. The van der Waals surface area contributed by atoms with Crippen molar-refractivity contribution in [2.45, 2.75) is 18.9 Å². The summed E-state index contributed by atoms with van der Waals surface area (Å²) in [5, 5.41) is 17.5. The Balaban J connectivity index is 1.65. The summed E-state index contributed by atoms with van der Waals surface area (Å²) in [6, 6.07) is 12.8. The van der Waals surface area contributed by atoms with Crippen LogP contribution in [-0.4, -0.2) is 37.4 Å². The van der Waals surface area contributed by atoms with Gasteiger partial charge in [-0.15, -0.1) is 0 Å². The number of carbonyl (C=O) groups is 1. The topological polar surface area (TPSA) is 115 Å². The van der Waals surface area contributed by atoms with E-state index in [0.717, 1.165) is 23.8 Å². The van der Waals surface area contributed by atoms with Gasteiger partial charge in [-0.3, -0.25) is 4.79 Å². The maximum absolute atomic E-state index is 12.0. The first-order valence-corrected chi connectivity index (χ1v) is 8.61. The second kappa shape index (κ2) is 5.66. The zero-order chi connectivity index (χ0) is 18.5. The van der Waals surface area contributed by atoms with E-state index < -0.39 is 6.09 Å². The second-order valence-corrected chi connectivity index (χ2v) is 6.62. The first-order chi connectivity index (χ1) is 13.1. The predicted octanol–water partition coefficient (Wildman–Crippen LogP) is 3.11. The molecule has 1 fully saturated rings. The van der Waals surface area contributed by atoms with Gasteiger partial charge < -0.3 is 10.1 Å². The van der Waals surface area contributed by atoms with Crippen LogP contribution in [0.15, 0.2) is 47.3 Å². The number of anilines is 1. The maximum Gasteiger partial charge on any atom is 0.414 e. The standard InChI is InChI=1S/C19H15N5O3/c25-17-13-4-2-1-3-12(13)16(22-23-17)10-5-8-14-15(9-10)21-18(20-14)24(19(26)27)11-6-7-11/h1-5,8-9,11H,6-7H2,(H,20,21)(H,23,25)(H,26,27). The summed E-state index contributed by atoms with van der Waals surface area (Å²) in [5.74, 6) is 0.330. The normalized spacial score (nSPS) is 13.9. The molecule has 0 aliphatic heterocycles. The van der Waals surface area contributed by atoms with Crippen molar-refractivity contribution in [1.29, 1.82) is 0 Å². The van der Waals surface area contributed by atoms with E-state index in [0.29, 0.717) is 28.1 Å². The van der Waals surface area contributed by atoms with Crippen molar-refractivity contribution in [3.05, 3.63) is 52.8 Å². The molecule has 0 unspecified atom stereocenters. The number of amides is 1. The van der Waals surface area contributed by atoms with E-state index in [1.807, 2.05) is 36.4 Å². The number of carboxylic acid groups (broad SMARTS) is 1. The highest BCUT2D eigenvalue weighted by molar-refractivity contribution is 5.96. The van der Waals surface area contributed by atoms with Gasteiger partial charge in [0.2, 0.25) is 5.95 Å². The summed E-state index contributed by atoms with van der Waals surface area (Å²) < 4.78 is 0. The van der Waals surface area contributed by atoms with Crippen LogP contribution in [-0.2, 0) is 0 Å². The molecule has 134 valence electrons. The van der Waals surface area contributed by atoms with Gasteiger partial charge in [-0.1, -0.05) is 24.3 Å². The molecule has 27 heavy (non-hydrogen) atoms. The maximum atomic E-state index is 12.0. The van der Waals surface area contributed by atoms with Gasteiger partial charge >= 0.3 is 6.09 Å². The molecule has 3 N–H and O–H groups in total. The summed E-state index contributed by atoms with van der Waals surface area (Å²) in [6.45, 7) is 0. The summed E-state index contributed by atoms with van der Waals surface area (Å²) in [5.41, 5.74) is 2.61. The first kappa shape index (κ1) is 15.6. The van der Waals surface area contributed by atoms with Crippen LogP contribution in [0.5, 0.6) is 0 Å². The third-order valence-corrected chi connectivity index (χ3v) is 4.79. The number of aromatic amines is 2. The summed E-state index contributed by atoms with van der Waals surface area (Å²) in [6.07, 6.45) is 0.689. The van der Waals surface area contributed by atoms with Crippen molar-refractivity contribution in [3.8, 4) is 11.3 Å². The van der Waals surface area contributed by atoms with Crippen molar-refractivity contribution < 1.29 is 9.90 Å². The van der Waals surface area contributed by atoms with Gasteiger partial charge in [-0.25, -0.2) is 19.8 Å². The van der Waals surface area contributed by atoms with Crippen LogP contribution in [0.4, 0.5) is 10.7 Å². The fraction of sp³-hybridized carbons (Fsp3) is 0.158. The molecule has 2 heterocycles. The van der Waals surface area contributed by atoms with E-state index in [1.165, 1.54) is 4.90 Å². The Morgan fingerprint density at radius 2 is 1.93 bits per heavy atom. The fourth-order valence-corrected chi connectivity index (χ4v) is 3.34. The smallest absolute Gasteiger partial charge is 0.414 e. The Morgan fingerprint density at radius 3 is 2.67 bits per heavy atom. The van der Waals surface area contributed by atoms with Gasteiger partial charge in [0.05, 0.1) is 22.1 Å². The number of hydrogen-bond acceptors (Lipinski definition) is 4. The van der Waals surface area contributed by atoms with E-state index >= 15 is 0 Å². The number of imidazole rings is 1. The van der Waals surface area contributed by atoms with Gasteiger partial charge in [0.25, 0.3) is 5.56 Å². The summed E-state index contributed by atoms with van der Waals surface area (Å²) in [7, 11) is 0. The lowest BCUT2D eigenvalue weighted by molar-refractivity contribution is 0.201. The molecule has 1 aliphatic carbocycles. The first-order valence-electron chi connectivity index (χ1n) is 8.61. The molecule has 5 rings (SSSR count). The molecule has 1 aliphatic rings. The van der Waals surface area contributed by atoms with Gasteiger partial charge in [-0.05, 0) is 31.0 Å². The molecule has 2 aromatic heterocycles.